The minimum absolute atomic E-state index is 0. The predicted molar refractivity (Wildman–Crippen MR) is 59.2 cm³/mol. The molecule has 0 saturated heterocycles. The molecule has 0 fully saturated rings. The van der Waals surface area contributed by atoms with Crippen molar-refractivity contribution in [3.63, 3.8) is 0 Å². The van der Waals surface area contributed by atoms with Crippen molar-refractivity contribution in [2.24, 2.45) is 16.5 Å². The van der Waals surface area contributed by atoms with Crippen LogP contribution < -0.4 is 11.5 Å². The molecule has 16 heavy (non-hydrogen) atoms. The molecule has 1 unspecified atom stereocenters. The van der Waals surface area contributed by atoms with Crippen LogP contribution in [-0.4, -0.2) is 17.7 Å². The fourth-order valence-corrected chi connectivity index (χ4v) is 1.16. The molecule has 0 bridgehead atoms. The average molecular weight is 252 g/mol. The number of aliphatic hydroxyl groups is 1. The first kappa shape index (κ1) is 14.6. The summed E-state index contributed by atoms with van der Waals surface area (Å²) in [6, 6.07) is 1.90. The molecule has 0 radical (unpaired) electrons. The van der Waals surface area contributed by atoms with Crippen LogP contribution in [0.15, 0.2) is 23.2 Å². The number of benzene rings is 1. The van der Waals surface area contributed by atoms with Gasteiger partial charge in [-0.05, 0) is 18.2 Å². The highest BCUT2D eigenvalue weighted by molar-refractivity contribution is 5.85. The molecule has 0 aliphatic heterocycles. The molecule has 5 N–H and O–H groups in total. The van der Waals surface area contributed by atoms with Gasteiger partial charge < -0.3 is 16.6 Å². The number of halogens is 3. The number of hydrogen-bond donors (Lipinski definition) is 3. The number of guanidine groups is 1. The van der Waals surface area contributed by atoms with E-state index in [2.05, 4.69) is 4.99 Å². The Bertz CT molecular complexity index is 383. The highest BCUT2D eigenvalue weighted by Crippen LogP contribution is 2.21. The second-order valence-electron chi connectivity index (χ2n) is 2.92. The number of hydrogen-bond acceptors (Lipinski definition) is 2. The molecule has 0 heterocycles. The van der Waals surface area contributed by atoms with E-state index in [0.717, 1.165) is 18.2 Å². The topological polar surface area (TPSA) is 84.6 Å². The van der Waals surface area contributed by atoms with Crippen LogP contribution in [0.2, 0.25) is 0 Å². The van der Waals surface area contributed by atoms with Crippen molar-refractivity contribution in [3.8, 4) is 0 Å². The smallest absolute Gasteiger partial charge is 0.186 e. The molecular weight excluding hydrogens is 240 g/mol. The zero-order valence-electron chi connectivity index (χ0n) is 8.23. The number of rotatable bonds is 3. The van der Waals surface area contributed by atoms with Gasteiger partial charge in [0.1, 0.15) is 17.7 Å². The standard InChI is InChI=1S/C9H11F2N3O.ClH/c10-5-1-2-7(11)6(3-5)8(4-15)14-9(12)13;/h1-3,8,15H,4H2,(H4,12,13,14);1H. The van der Waals surface area contributed by atoms with E-state index in [0.29, 0.717) is 0 Å². The second kappa shape index (κ2) is 6.24. The van der Waals surface area contributed by atoms with Gasteiger partial charge in [-0.2, -0.15) is 0 Å². The van der Waals surface area contributed by atoms with E-state index in [9.17, 15) is 8.78 Å². The van der Waals surface area contributed by atoms with Crippen molar-refractivity contribution < 1.29 is 13.9 Å². The van der Waals surface area contributed by atoms with Crippen LogP contribution in [0.4, 0.5) is 8.78 Å². The molecule has 0 aliphatic rings. The summed E-state index contributed by atoms with van der Waals surface area (Å²) in [5.41, 5.74) is 10.1. The Morgan fingerprint density at radius 1 is 1.38 bits per heavy atom. The van der Waals surface area contributed by atoms with Crippen LogP contribution >= 0.6 is 12.4 Å². The second-order valence-corrected chi connectivity index (χ2v) is 2.92. The SMILES string of the molecule is Cl.NC(N)=NC(CO)c1cc(F)ccc1F. The van der Waals surface area contributed by atoms with Gasteiger partial charge in [-0.3, -0.25) is 0 Å². The van der Waals surface area contributed by atoms with E-state index < -0.39 is 24.3 Å². The molecule has 0 aliphatic carbocycles. The number of nitrogens with two attached hydrogens (primary N) is 2. The van der Waals surface area contributed by atoms with Crippen molar-refractivity contribution in [2.45, 2.75) is 6.04 Å². The number of aliphatic hydroxyl groups excluding tert-OH is 1. The molecule has 1 aromatic carbocycles. The zero-order valence-corrected chi connectivity index (χ0v) is 9.05. The maximum atomic E-state index is 13.2. The summed E-state index contributed by atoms with van der Waals surface area (Å²) >= 11 is 0. The lowest BCUT2D eigenvalue weighted by Crippen LogP contribution is -2.24. The maximum Gasteiger partial charge on any atom is 0.186 e. The van der Waals surface area contributed by atoms with E-state index in [1.54, 1.807) is 0 Å². The van der Waals surface area contributed by atoms with Crippen molar-refractivity contribution in [1.82, 2.24) is 0 Å². The lowest BCUT2D eigenvalue weighted by Gasteiger charge is -2.11. The van der Waals surface area contributed by atoms with Gasteiger partial charge in [0, 0.05) is 5.56 Å². The largest absolute Gasteiger partial charge is 0.394 e. The maximum absolute atomic E-state index is 13.2. The van der Waals surface area contributed by atoms with Gasteiger partial charge in [-0.1, -0.05) is 0 Å². The fraction of sp³-hybridized carbons (Fsp3) is 0.222. The van der Waals surface area contributed by atoms with Gasteiger partial charge in [0.25, 0.3) is 0 Å². The molecular formula is C9H12ClF2N3O. The zero-order chi connectivity index (χ0) is 11.4. The van der Waals surface area contributed by atoms with Crippen LogP contribution in [0.25, 0.3) is 0 Å². The van der Waals surface area contributed by atoms with E-state index in [1.807, 2.05) is 0 Å². The Morgan fingerprint density at radius 2 is 2.00 bits per heavy atom. The Kier molecular flexibility index (Phi) is 5.69. The molecule has 1 rings (SSSR count). The molecule has 90 valence electrons. The normalized spacial score (nSPS) is 11.4. The Balaban J connectivity index is 0.00000225. The molecule has 7 heteroatoms. The summed E-state index contributed by atoms with van der Waals surface area (Å²) < 4.78 is 26.1. The molecule has 1 aromatic rings. The lowest BCUT2D eigenvalue weighted by molar-refractivity contribution is 0.266. The quantitative estimate of drug-likeness (QED) is 0.546. The summed E-state index contributed by atoms with van der Waals surface area (Å²) in [5, 5.41) is 8.94. The third-order valence-electron chi connectivity index (χ3n) is 1.79. The Labute approximate surface area is 97.4 Å². The summed E-state index contributed by atoms with van der Waals surface area (Å²) in [7, 11) is 0. The van der Waals surface area contributed by atoms with Crippen LogP contribution in [0.3, 0.4) is 0 Å². The first-order chi connectivity index (χ1) is 7.04. The minimum atomic E-state index is -0.981. The summed E-state index contributed by atoms with van der Waals surface area (Å²) in [6.07, 6.45) is 0. The minimum Gasteiger partial charge on any atom is -0.394 e. The first-order valence-corrected chi connectivity index (χ1v) is 4.19. The van der Waals surface area contributed by atoms with Gasteiger partial charge in [-0.25, -0.2) is 13.8 Å². The van der Waals surface area contributed by atoms with E-state index >= 15 is 0 Å². The molecule has 4 nitrogen and oxygen atoms in total. The molecule has 1 atom stereocenters. The van der Waals surface area contributed by atoms with Crippen molar-refractivity contribution >= 4 is 18.4 Å². The summed E-state index contributed by atoms with van der Waals surface area (Å²) in [4.78, 5) is 3.58. The van der Waals surface area contributed by atoms with E-state index in [-0.39, 0.29) is 23.9 Å². The van der Waals surface area contributed by atoms with Gasteiger partial charge in [0.2, 0.25) is 0 Å². The average Bonchev–Trinajstić information content (AvgIpc) is 2.18. The number of aliphatic imine (C=N–C) groups is 1. The highest BCUT2D eigenvalue weighted by atomic mass is 35.5. The fourth-order valence-electron chi connectivity index (χ4n) is 1.16. The van der Waals surface area contributed by atoms with Crippen molar-refractivity contribution in [3.05, 3.63) is 35.4 Å². The Hall–Kier alpha value is -1.40. The van der Waals surface area contributed by atoms with Gasteiger partial charge in [-0.15, -0.1) is 12.4 Å². The predicted octanol–water partition coefficient (Wildman–Crippen LogP) is 0.693. The highest BCUT2D eigenvalue weighted by Gasteiger charge is 2.14. The monoisotopic (exact) mass is 251 g/mol. The Morgan fingerprint density at radius 3 is 2.50 bits per heavy atom. The molecule has 0 saturated carbocycles. The van der Waals surface area contributed by atoms with Crippen LogP contribution in [-0.2, 0) is 0 Å². The first-order valence-electron chi connectivity index (χ1n) is 4.19. The third-order valence-corrected chi connectivity index (χ3v) is 1.79. The van der Waals surface area contributed by atoms with Gasteiger partial charge in [0.05, 0.1) is 6.61 Å². The molecule has 0 spiro atoms. The lowest BCUT2D eigenvalue weighted by atomic mass is 10.1. The summed E-state index contributed by atoms with van der Waals surface area (Å²) in [6.45, 7) is -0.502. The van der Waals surface area contributed by atoms with E-state index in [1.165, 1.54) is 0 Å². The van der Waals surface area contributed by atoms with Crippen LogP contribution in [0.1, 0.15) is 11.6 Å². The van der Waals surface area contributed by atoms with Crippen molar-refractivity contribution in [2.75, 3.05) is 6.61 Å². The van der Waals surface area contributed by atoms with Crippen molar-refractivity contribution in [1.29, 1.82) is 0 Å². The van der Waals surface area contributed by atoms with Gasteiger partial charge in [0.15, 0.2) is 5.96 Å². The van der Waals surface area contributed by atoms with E-state index in [4.69, 9.17) is 16.6 Å². The third kappa shape index (κ3) is 3.63. The molecule has 0 amide bonds. The van der Waals surface area contributed by atoms with Crippen LogP contribution in [0, 0.1) is 11.6 Å². The number of nitrogens with zero attached hydrogens (tertiary/aromatic N) is 1. The van der Waals surface area contributed by atoms with Crippen LogP contribution in [0.5, 0.6) is 0 Å². The van der Waals surface area contributed by atoms with Gasteiger partial charge >= 0.3 is 0 Å². The molecule has 0 aromatic heterocycles. The summed E-state index contributed by atoms with van der Waals surface area (Å²) in [5.74, 6) is -1.58.